The lowest BCUT2D eigenvalue weighted by atomic mass is 9.81. The summed E-state index contributed by atoms with van der Waals surface area (Å²) in [6.07, 6.45) is 0. The fourth-order valence-corrected chi connectivity index (χ4v) is 10.6. The molecule has 0 aromatic heterocycles. The van der Waals surface area contributed by atoms with E-state index < -0.39 is 0 Å². The number of anilines is 3. The first kappa shape index (κ1) is 41.0. The van der Waals surface area contributed by atoms with E-state index in [9.17, 15) is 0 Å². The van der Waals surface area contributed by atoms with Gasteiger partial charge < -0.3 is 4.90 Å². The molecule has 0 atom stereocenters. The second-order valence-electron chi connectivity index (χ2n) is 19.3. The molecular weight excluding hydrogens is 795 g/mol. The van der Waals surface area contributed by atoms with Crippen molar-refractivity contribution in [1.82, 2.24) is 0 Å². The maximum atomic E-state index is 2.52. The normalized spacial score (nSPS) is 12.7. The highest BCUT2D eigenvalue weighted by Gasteiger charge is 2.38. The number of benzene rings is 10. The molecule has 10 aromatic rings. The molecule has 0 spiro atoms. The molecule has 66 heavy (non-hydrogen) atoms. The number of nitrogens with zero attached hydrogens (tertiary/aromatic N) is 1. The Labute approximate surface area is 390 Å². The Bertz CT molecular complexity index is 3330. The minimum Gasteiger partial charge on any atom is -0.310 e. The van der Waals surface area contributed by atoms with Crippen LogP contribution in [0.2, 0.25) is 0 Å². The van der Waals surface area contributed by atoms with Crippen LogP contribution in [0.1, 0.15) is 51.3 Å². The fourth-order valence-electron chi connectivity index (χ4n) is 10.6. The third-order valence-electron chi connectivity index (χ3n) is 13.8. The molecule has 0 aliphatic heterocycles. The van der Waals surface area contributed by atoms with Crippen molar-refractivity contribution in [2.45, 2.75) is 45.4 Å². The van der Waals surface area contributed by atoms with Crippen molar-refractivity contribution in [3.05, 3.63) is 247 Å². The minimum absolute atomic E-state index is 0.0750. The van der Waals surface area contributed by atoms with Crippen LogP contribution in [0.15, 0.2) is 231 Å². The smallest absolute Gasteiger partial charge is 0.0546 e. The van der Waals surface area contributed by atoms with E-state index in [0.717, 1.165) is 17.1 Å². The molecule has 0 bridgehead atoms. The molecule has 318 valence electrons. The van der Waals surface area contributed by atoms with Gasteiger partial charge in [-0.1, -0.05) is 229 Å². The van der Waals surface area contributed by atoms with Crippen LogP contribution in [0.3, 0.4) is 0 Å². The molecule has 0 N–H and O–H groups in total. The fraction of sp³-hybridized carbons (Fsp3) is 0.108. The molecule has 0 saturated heterocycles. The van der Waals surface area contributed by atoms with Crippen LogP contribution in [0.5, 0.6) is 0 Å². The lowest BCUT2D eigenvalue weighted by Gasteiger charge is -2.32. The van der Waals surface area contributed by atoms with Gasteiger partial charge in [-0.25, -0.2) is 0 Å². The Kier molecular flexibility index (Phi) is 10.2. The van der Waals surface area contributed by atoms with Gasteiger partial charge in [0.05, 0.1) is 5.69 Å². The number of hydrogen-bond donors (Lipinski definition) is 0. The van der Waals surface area contributed by atoms with Crippen molar-refractivity contribution in [1.29, 1.82) is 0 Å². The largest absolute Gasteiger partial charge is 0.310 e. The Morgan fingerprint density at radius 2 is 0.818 bits per heavy atom. The maximum Gasteiger partial charge on any atom is 0.0546 e. The van der Waals surface area contributed by atoms with Crippen molar-refractivity contribution < 1.29 is 0 Å². The second kappa shape index (κ2) is 16.4. The van der Waals surface area contributed by atoms with Crippen LogP contribution in [0, 0.1) is 0 Å². The predicted octanol–water partition coefficient (Wildman–Crippen LogP) is 18.2. The highest BCUT2D eigenvalue weighted by atomic mass is 15.1. The zero-order valence-corrected chi connectivity index (χ0v) is 38.4. The summed E-state index contributed by atoms with van der Waals surface area (Å²) in [4.78, 5) is 2.52. The van der Waals surface area contributed by atoms with Crippen LogP contribution in [0.25, 0.3) is 77.5 Å². The van der Waals surface area contributed by atoms with Crippen LogP contribution in [-0.4, -0.2) is 0 Å². The van der Waals surface area contributed by atoms with Gasteiger partial charge in [0.15, 0.2) is 0 Å². The van der Waals surface area contributed by atoms with Gasteiger partial charge in [0.1, 0.15) is 0 Å². The SMILES string of the molecule is CC(C)(C)c1ccccc1-c1cc2ccccc2cc1N(c1ccc(-c2c(-c3ccccc3)cccc2-c2ccccc2)cc1)c1ccc2c(c1)C(C)(C)c1cccc(-c3ccccc3)c1-2. The highest BCUT2D eigenvalue weighted by Crippen LogP contribution is 2.55. The van der Waals surface area contributed by atoms with Gasteiger partial charge in [0.2, 0.25) is 0 Å². The van der Waals surface area contributed by atoms with Crippen molar-refractivity contribution in [3.8, 4) is 66.8 Å². The van der Waals surface area contributed by atoms with Crippen LogP contribution < -0.4 is 4.90 Å². The highest BCUT2D eigenvalue weighted by molar-refractivity contribution is 6.01. The minimum atomic E-state index is -0.221. The number of hydrogen-bond acceptors (Lipinski definition) is 1. The summed E-state index contributed by atoms with van der Waals surface area (Å²) < 4.78 is 0. The standard InChI is InChI=1S/C65H53N/c1-64(2,3)58-33-18-17-29-55(58)57-41-48-27-15-16-28-49(48)42-61(57)66(51-39-40-56-60(43-51)65(4,5)59-34-20-32-54(63(56)59)46-25-13-8-14-26-46)50-37-35-47(36-38-50)62-52(44-21-9-6-10-22-44)30-19-31-53(62)45-23-11-7-12-24-45/h6-43H,1-5H3. The van der Waals surface area contributed by atoms with E-state index in [1.54, 1.807) is 0 Å². The maximum absolute atomic E-state index is 2.52. The zero-order valence-electron chi connectivity index (χ0n) is 38.4. The molecule has 0 radical (unpaired) electrons. The van der Waals surface area contributed by atoms with Gasteiger partial charge in [-0.15, -0.1) is 0 Å². The first-order chi connectivity index (χ1) is 32.1. The van der Waals surface area contributed by atoms with Gasteiger partial charge in [-0.2, -0.15) is 0 Å². The Morgan fingerprint density at radius 3 is 1.41 bits per heavy atom. The third-order valence-corrected chi connectivity index (χ3v) is 13.8. The van der Waals surface area contributed by atoms with Crippen LogP contribution in [0.4, 0.5) is 17.1 Å². The predicted molar refractivity (Wildman–Crippen MR) is 282 cm³/mol. The van der Waals surface area contributed by atoms with Gasteiger partial charge in [0.25, 0.3) is 0 Å². The molecule has 11 rings (SSSR count). The van der Waals surface area contributed by atoms with E-state index in [0.29, 0.717) is 0 Å². The van der Waals surface area contributed by atoms with Crippen molar-refractivity contribution in [2.75, 3.05) is 4.90 Å². The van der Waals surface area contributed by atoms with Gasteiger partial charge >= 0.3 is 0 Å². The van der Waals surface area contributed by atoms with E-state index in [2.05, 4.69) is 270 Å². The van der Waals surface area contributed by atoms with Gasteiger partial charge in [0, 0.05) is 22.4 Å². The van der Waals surface area contributed by atoms with E-state index in [-0.39, 0.29) is 10.8 Å². The quantitative estimate of drug-likeness (QED) is 0.147. The molecule has 0 amide bonds. The molecule has 10 aromatic carbocycles. The van der Waals surface area contributed by atoms with Gasteiger partial charge in [-0.3, -0.25) is 0 Å². The third kappa shape index (κ3) is 7.13. The molecular formula is C65H53N. The molecule has 1 heteroatoms. The van der Waals surface area contributed by atoms with Gasteiger partial charge in [-0.05, 0) is 130 Å². The van der Waals surface area contributed by atoms with Crippen molar-refractivity contribution in [3.63, 3.8) is 0 Å². The van der Waals surface area contributed by atoms with E-state index in [1.165, 1.54) is 94.2 Å². The Morgan fingerprint density at radius 1 is 0.333 bits per heavy atom. The summed E-state index contributed by atoms with van der Waals surface area (Å²) in [5.74, 6) is 0. The first-order valence-electron chi connectivity index (χ1n) is 23.3. The lowest BCUT2D eigenvalue weighted by Crippen LogP contribution is -2.17. The van der Waals surface area contributed by atoms with E-state index >= 15 is 0 Å². The van der Waals surface area contributed by atoms with Crippen LogP contribution in [-0.2, 0) is 10.8 Å². The molecule has 1 aliphatic carbocycles. The topological polar surface area (TPSA) is 3.24 Å². The van der Waals surface area contributed by atoms with Crippen molar-refractivity contribution in [2.24, 2.45) is 0 Å². The Hall–Kier alpha value is -7.74. The lowest BCUT2D eigenvalue weighted by molar-refractivity contribution is 0.592. The molecule has 1 nitrogen and oxygen atoms in total. The zero-order chi connectivity index (χ0) is 45.0. The molecule has 0 saturated carbocycles. The van der Waals surface area contributed by atoms with E-state index in [1.807, 2.05) is 0 Å². The first-order valence-corrected chi connectivity index (χ1v) is 23.3. The average molecular weight is 848 g/mol. The Balaban J connectivity index is 1.15. The molecule has 0 unspecified atom stereocenters. The molecule has 1 aliphatic rings. The molecule has 0 heterocycles. The number of fused-ring (bicyclic) bond motifs is 4. The number of rotatable bonds is 8. The monoisotopic (exact) mass is 847 g/mol. The van der Waals surface area contributed by atoms with Crippen LogP contribution >= 0.6 is 0 Å². The molecule has 0 fully saturated rings. The summed E-state index contributed by atoms with van der Waals surface area (Å²) in [6, 6.07) is 85.2. The summed E-state index contributed by atoms with van der Waals surface area (Å²) in [6.45, 7) is 11.8. The summed E-state index contributed by atoms with van der Waals surface area (Å²) in [5.41, 5.74) is 21.9. The second-order valence-corrected chi connectivity index (χ2v) is 19.3. The summed E-state index contributed by atoms with van der Waals surface area (Å²) >= 11 is 0. The van der Waals surface area contributed by atoms with E-state index in [4.69, 9.17) is 0 Å². The summed E-state index contributed by atoms with van der Waals surface area (Å²) in [5, 5.41) is 2.43. The van der Waals surface area contributed by atoms with Crippen molar-refractivity contribution >= 4 is 27.8 Å². The average Bonchev–Trinajstić information content (AvgIpc) is 3.59. The summed E-state index contributed by atoms with van der Waals surface area (Å²) in [7, 11) is 0.